The largest absolute Gasteiger partial charge is 0.257 e. The Morgan fingerprint density at radius 2 is 1.61 bits per heavy atom. The first-order valence-corrected chi connectivity index (χ1v) is 6.38. The van der Waals surface area contributed by atoms with Crippen molar-refractivity contribution in [3.05, 3.63) is 35.4 Å². The van der Waals surface area contributed by atoms with Gasteiger partial charge in [0.05, 0.1) is 11.4 Å². The van der Waals surface area contributed by atoms with Crippen molar-refractivity contribution in [1.82, 2.24) is 0 Å². The van der Waals surface area contributed by atoms with Gasteiger partial charge in [-0.2, -0.15) is 0 Å². The lowest BCUT2D eigenvalue weighted by molar-refractivity contribution is 1.38. The third-order valence-electron chi connectivity index (χ3n) is 3.84. The Hall–Kier alpha value is -1.96. The molecule has 2 aromatic rings. The van der Waals surface area contributed by atoms with Crippen LogP contribution in [-0.2, 0) is 12.8 Å². The van der Waals surface area contributed by atoms with Crippen LogP contribution < -0.4 is 0 Å². The molecule has 0 aliphatic carbocycles. The lowest BCUT2D eigenvalue weighted by Gasteiger charge is -2.07. The van der Waals surface area contributed by atoms with E-state index in [2.05, 4.69) is 43.1 Å². The summed E-state index contributed by atoms with van der Waals surface area (Å²) >= 11 is 0. The van der Waals surface area contributed by atoms with Crippen molar-refractivity contribution in [1.29, 1.82) is 0 Å². The molecule has 0 N–H and O–H groups in total. The Morgan fingerprint density at radius 1 is 0.833 bits per heavy atom. The molecule has 0 unspecified atom stereocenters. The van der Waals surface area contributed by atoms with E-state index in [0.29, 0.717) is 0 Å². The summed E-state index contributed by atoms with van der Waals surface area (Å²) in [5.41, 5.74) is 7.46. The van der Waals surface area contributed by atoms with E-state index >= 15 is 0 Å². The molecule has 0 atom stereocenters. The van der Waals surface area contributed by atoms with Gasteiger partial charge in [0.1, 0.15) is 0 Å². The summed E-state index contributed by atoms with van der Waals surface area (Å²) in [6.07, 6.45) is 1.98. The number of aliphatic imine (C=N–C) groups is 2. The van der Waals surface area contributed by atoms with Gasteiger partial charge < -0.3 is 0 Å². The normalized spacial score (nSPS) is 16.6. The van der Waals surface area contributed by atoms with Crippen LogP contribution in [0.15, 0.2) is 34.3 Å². The highest BCUT2D eigenvalue weighted by Crippen LogP contribution is 2.40. The fourth-order valence-electron chi connectivity index (χ4n) is 3.06. The van der Waals surface area contributed by atoms with Crippen LogP contribution in [0.4, 0.5) is 11.4 Å². The molecule has 0 spiro atoms. The molecule has 2 aromatic carbocycles. The predicted molar refractivity (Wildman–Crippen MR) is 76.9 cm³/mol. The Balaban J connectivity index is 2.07. The molecule has 18 heavy (non-hydrogen) atoms. The summed E-state index contributed by atoms with van der Waals surface area (Å²) in [6, 6.07) is 8.79. The topological polar surface area (TPSA) is 24.7 Å². The van der Waals surface area contributed by atoms with Crippen molar-refractivity contribution < 1.29 is 0 Å². The van der Waals surface area contributed by atoms with Gasteiger partial charge in [-0.3, -0.25) is 9.98 Å². The van der Waals surface area contributed by atoms with Gasteiger partial charge in [0.15, 0.2) is 0 Å². The maximum absolute atomic E-state index is 4.70. The highest BCUT2D eigenvalue weighted by Gasteiger charge is 2.19. The summed E-state index contributed by atoms with van der Waals surface area (Å²) in [5.74, 6) is 0. The van der Waals surface area contributed by atoms with E-state index in [4.69, 9.17) is 4.99 Å². The van der Waals surface area contributed by atoms with Crippen LogP contribution in [0.2, 0.25) is 0 Å². The second-order valence-electron chi connectivity index (χ2n) is 5.28. The molecule has 0 radical (unpaired) electrons. The van der Waals surface area contributed by atoms with Gasteiger partial charge in [0, 0.05) is 29.7 Å². The zero-order valence-corrected chi connectivity index (χ0v) is 10.6. The first-order valence-electron chi connectivity index (χ1n) is 6.38. The van der Waals surface area contributed by atoms with Gasteiger partial charge in [-0.05, 0) is 36.4 Å². The number of rotatable bonds is 0. The van der Waals surface area contributed by atoms with Crippen LogP contribution in [0.3, 0.4) is 0 Å². The second-order valence-corrected chi connectivity index (χ2v) is 5.28. The number of benzene rings is 2. The van der Waals surface area contributed by atoms with Gasteiger partial charge in [-0.25, -0.2) is 0 Å². The highest BCUT2D eigenvalue weighted by atomic mass is 14.8. The minimum absolute atomic E-state index is 0.980. The minimum Gasteiger partial charge on any atom is -0.257 e. The quantitative estimate of drug-likeness (QED) is 0.654. The molecule has 2 aliphatic heterocycles. The smallest absolute Gasteiger partial charge is 0.0743 e. The van der Waals surface area contributed by atoms with Crippen LogP contribution in [0.1, 0.15) is 25.0 Å². The van der Waals surface area contributed by atoms with E-state index < -0.39 is 0 Å². The summed E-state index contributed by atoms with van der Waals surface area (Å²) in [4.78, 5) is 9.30. The average Bonchev–Trinajstić information content (AvgIpc) is 2.89. The van der Waals surface area contributed by atoms with E-state index in [0.717, 1.165) is 18.5 Å². The number of nitrogens with zero attached hydrogens (tertiary/aromatic N) is 2. The van der Waals surface area contributed by atoms with E-state index in [1.54, 1.807) is 0 Å². The molecule has 2 nitrogen and oxygen atoms in total. The number of hydrogen-bond donors (Lipinski definition) is 0. The summed E-state index contributed by atoms with van der Waals surface area (Å²) in [5, 5.41) is 2.61. The van der Waals surface area contributed by atoms with Crippen molar-refractivity contribution in [3.63, 3.8) is 0 Å². The number of hydrogen-bond acceptors (Lipinski definition) is 2. The van der Waals surface area contributed by atoms with Crippen molar-refractivity contribution in [2.75, 3.05) is 0 Å². The SMILES string of the molecule is CC1=Nc2ccc3c4c(ccc3c2C1)CC(C)=N4. The molecule has 2 heteroatoms. The molecule has 0 fully saturated rings. The molecular formula is C16H14N2. The second kappa shape index (κ2) is 3.29. The monoisotopic (exact) mass is 234 g/mol. The lowest BCUT2D eigenvalue weighted by Crippen LogP contribution is -1.91. The van der Waals surface area contributed by atoms with Crippen LogP contribution in [0, 0.1) is 0 Å². The average molecular weight is 234 g/mol. The summed E-state index contributed by atoms with van der Waals surface area (Å²) < 4.78 is 0. The van der Waals surface area contributed by atoms with Gasteiger partial charge in [0.25, 0.3) is 0 Å². The fourth-order valence-corrected chi connectivity index (χ4v) is 3.06. The van der Waals surface area contributed by atoms with E-state index in [1.807, 2.05) is 0 Å². The zero-order chi connectivity index (χ0) is 12.3. The Morgan fingerprint density at radius 3 is 2.50 bits per heavy atom. The molecule has 2 heterocycles. The molecule has 88 valence electrons. The van der Waals surface area contributed by atoms with Crippen LogP contribution in [-0.4, -0.2) is 11.4 Å². The molecule has 4 rings (SSSR count). The van der Waals surface area contributed by atoms with Gasteiger partial charge >= 0.3 is 0 Å². The van der Waals surface area contributed by atoms with Crippen molar-refractivity contribution in [3.8, 4) is 0 Å². The zero-order valence-electron chi connectivity index (χ0n) is 10.6. The minimum atomic E-state index is 0.980. The Kier molecular flexibility index (Phi) is 1.83. The molecule has 0 bridgehead atoms. The third-order valence-corrected chi connectivity index (χ3v) is 3.84. The molecule has 0 saturated carbocycles. The summed E-state index contributed by atoms with van der Waals surface area (Å²) in [7, 11) is 0. The molecule has 0 aromatic heterocycles. The van der Waals surface area contributed by atoms with Crippen molar-refractivity contribution >= 4 is 33.6 Å². The maximum atomic E-state index is 4.70. The Labute approximate surface area is 106 Å². The standard InChI is InChI=1S/C16H14N2/c1-9-7-11-3-4-12-13(16(11)18-9)5-6-15-14(12)8-10(2)17-15/h3-6H,7-8H2,1-2H3. The first-order chi connectivity index (χ1) is 8.72. The molecule has 0 amide bonds. The summed E-state index contributed by atoms with van der Waals surface area (Å²) in [6.45, 7) is 4.20. The Bertz CT molecular complexity index is 751. The van der Waals surface area contributed by atoms with E-state index in [9.17, 15) is 0 Å². The maximum Gasteiger partial charge on any atom is 0.0743 e. The lowest BCUT2D eigenvalue weighted by atomic mass is 9.97. The molecule has 2 aliphatic rings. The van der Waals surface area contributed by atoms with Gasteiger partial charge in [-0.1, -0.05) is 18.2 Å². The highest BCUT2D eigenvalue weighted by molar-refractivity contribution is 6.07. The predicted octanol–water partition coefficient (Wildman–Crippen LogP) is 4.14. The van der Waals surface area contributed by atoms with Gasteiger partial charge in [-0.15, -0.1) is 0 Å². The van der Waals surface area contributed by atoms with Gasteiger partial charge in [0.2, 0.25) is 0 Å². The van der Waals surface area contributed by atoms with E-state index in [-0.39, 0.29) is 0 Å². The molecular weight excluding hydrogens is 220 g/mol. The first kappa shape index (κ1) is 10.0. The molecule has 0 saturated heterocycles. The third kappa shape index (κ3) is 1.23. The fraction of sp³-hybridized carbons (Fsp3) is 0.250. The van der Waals surface area contributed by atoms with Crippen LogP contribution in [0.5, 0.6) is 0 Å². The van der Waals surface area contributed by atoms with E-state index in [1.165, 1.54) is 39.0 Å². The van der Waals surface area contributed by atoms with Crippen molar-refractivity contribution in [2.45, 2.75) is 26.7 Å². The van der Waals surface area contributed by atoms with Crippen molar-refractivity contribution in [2.24, 2.45) is 9.98 Å². The van der Waals surface area contributed by atoms with Crippen LogP contribution >= 0.6 is 0 Å². The van der Waals surface area contributed by atoms with Crippen LogP contribution in [0.25, 0.3) is 10.8 Å². The number of fused-ring (bicyclic) bond motifs is 5.